The average Bonchev–Trinajstić information content (AvgIpc) is 3.09. The summed E-state index contributed by atoms with van der Waals surface area (Å²) >= 11 is 3.07. The molecule has 1 N–H and O–H groups in total. The van der Waals surface area contributed by atoms with Crippen molar-refractivity contribution in [1.82, 2.24) is 9.36 Å². The number of hydrogen-bond acceptors (Lipinski definition) is 6. The minimum Gasteiger partial charge on any atom is -0.253 e. The van der Waals surface area contributed by atoms with Crippen molar-refractivity contribution in [3.63, 3.8) is 0 Å². The summed E-state index contributed by atoms with van der Waals surface area (Å²) < 4.78 is 4.30. The van der Waals surface area contributed by atoms with Crippen LogP contribution in [0.2, 0.25) is 0 Å². The second-order valence-electron chi connectivity index (χ2n) is 4.62. The number of rotatable bonds is 4. The monoisotopic (exact) mass is 314 g/mol. The molecule has 106 valence electrons. The molecule has 0 atom stereocenters. The van der Waals surface area contributed by atoms with Crippen LogP contribution in [0.25, 0.3) is 10.4 Å². The Morgan fingerprint density at radius 3 is 2.57 bits per heavy atom. The van der Waals surface area contributed by atoms with Gasteiger partial charge in [-0.2, -0.15) is 9.47 Å². The quantitative estimate of drug-likeness (QED) is 0.576. The van der Waals surface area contributed by atoms with Gasteiger partial charge in [-0.05, 0) is 42.6 Å². The Balaban J connectivity index is 1.66. The van der Waals surface area contributed by atoms with Crippen molar-refractivity contribution in [3.8, 4) is 10.4 Å². The SMILES string of the molecule is Cc1cc(-c2ccc(C=NNc3nc(C)cs3)cc2)sn1. The summed E-state index contributed by atoms with van der Waals surface area (Å²) in [7, 11) is 0. The van der Waals surface area contributed by atoms with Crippen molar-refractivity contribution in [2.24, 2.45) is 5.10 Å². The zero-order valence-electron chi connectivity index (χ0n) is 11.7. The van der Waals surface area contributed by atoms with Gasteiger partial charge in [-0.1, -0.05) is 24.3 Å². The molecule has 0 unspecified atom stereocenters. The molecule has 21 heavy (non-hydrogen) atoms. The Morgan fingerprint density at radius 2 is 1.95 bits per heavy atom. The maximum atomic E-state index is 4.30. The molecule has 0 saturated heterocycles. The minimum absolute atomic E-state index is 0.806. The first-order valence-corrected chi connectivity index (χ1v) is 8.11. The van der Waals surface area contributed by atoms with E-state index in [1.54, 1.807) is 17.6 Å². The number of thiazole rings is 1. The van der Waals surface area contributed by atoms with E-state index in [2.05, 4.69) is 38.1 Å². The summed E-state index contributed by atoms with van der Waals surface area (Å²) in [6.07, 6.45) is 1.79. The number of nitrogens with one attached hydrogen (secondary N) is 1. The molecule has 4 nitrogen and oxygen atoms in total. The van der Waals surface area contributed by atoms with Crippen molar-refractivity contribution in [2.45, 2.75) is 13.8 Å². The van der Waals surface area contributed by atoms with Crippen LogP contribution in [0.4, 0.5) is 5.13 Å². The molecule has 3 rings (SSSR count). The molecule has 0 aliphatic heterocycles. The van der Waals surface area contributed by atoms with Gasteiger partial charge in [-0.15, -0.1) is 11.3 Å². The topological polar surface area (TPSA) is 50.2 Å². The predicted molar refractivity (Wildman–Crippen MR) is 90.4 cm³/mol. The van der Waals surface area contributed by atoms with Gasteiger partial charge in [0.05, 0.1) is 22.5 Å². The molecule has 0 bridgehead atoms. The second kappa shape index (κ2) is 6.15. The summed E-state index contributed by atoms with van der Waals surface area (Å²) in [4.78, 5) is 5.47. The molecule has 2 heterocycles. The zero-order chi connectivity index (χ0) is 14.7. The Bertz CT molecular complexity index is 756. The van der Waals surface area contributed by atoms with Crippen molar-refractivity contribution < 1.29 is 0 Å². The van der Waals surface area contributed by atoms with Crippen LogP contribution in [-0.4, -0.2) is 15.6 Å². The Labute approximate surface area is 131 Å². The molecule has 0 spiro atoms. The maximum absolute atomic E-state index is 4.30. The fraction of sp³-hybridized carbons (Fsp3) is 0.133. The predicted octanol–water partition coefficient (Wildman–Crippen LogP) is 4.33. The van der Waals surface area contributed by atoms with Crippen LogP contribution in [0, 0.1) is 13.8 Å². The van der Waals surface area contributed by atoms with E-state index < -0.39 is 0 Å². The van der Waals surface area contributed by atoms with Gasteiger partial charge in [0.25, 0.3) is 0 Å². The number of hydrogen-bond donors (Lipinski definition) is 1. The van der Waals surface area contributed by atoms with Crippen LogP contribution in [0.1, 0.15) is 17.0 Å². The molecule has 0 radical (unpaired) electrons. The summed E-state index contributed by atoms with van der Waals surface area (Å²) in [5, 5.41) is 6.99. The first-order chi connectivity index (χ1) is 10.2. The van der Waals surface area contributed by atoms with Crippen LogP contribution >= 0.6 is 22.9 Å². The normalized spacial score (nSPS) is 11.1. The van der Waals surface area contributed by atoms with E-state index in [0.29, 0.717) is 0 Å². The van der Waals surface area contributed by atoms with Crippen molar-refractivity contribution >= 4 is 34.2 Å². The molecule has 1 aromatic carbocycles. The molecule has 0 fully saturated rings. The van der Waals surface area contributed by atoms with E-state index in [4.69, 9.17) is 0 Å². The van der Waals surface area contributed by atoms with Crippen LogP contribution < -0.4 is 5.43 Å². The first kappa shape index (κ1) is 13.9. The van der Waals surface area contributed by atoms with Gasteiger partial charge in [0, 0.05) is 5.38 Å². The van der Waals surface area contributed by atoms with Crippen LogP contribution in [0.3, 0.4) is 0 Å². The summed E-state index contributed by atoms with van der Waals surface area (Å²) in [5.74, 6) is 0. The fourth-order valence-corrected chi connectivity index (χ4v) is 3.20. The van der Waals surface area contributed by atoms with Gasteiger partial charge in [0.2, 0.25) is 5.13 Å². The van der Waals surface area contributed by atoms with E-state index in [0.717, 1.165) is 22.1 Å². The molecule has 2 aromatic heterocycles. The van der Waals surface area contributed by atoms with Crippen molar-refractivity contribution in [1.29, 1.82) is 0 Å². The van der Waals surface area contributed by atoms with Crippen molar-refractivity contribution in [3.05, 3.63) is 52.7 Å². The lowest BCUT2D eigenvalue weighted by Crippen LogP contribution is -1.90. The highest BCUT2D eigenvalue weighted by Crippen LogP contribution is 2.24. The third kappa shape index (κ3) is 3.53. The third-order valence-electron chi connectivity index (χ3n) is 2.82. The number of aromatic nitrogens is 2. The van der Waals surface area contributed by atoms with E-state index in [9.17, 15) is 0 Å². The molecule has 0 amide bonds. The summed E-state index contributed by atoms with van der Waals surface area (Å²) in [6.45, 7) is 3.97. The van der Waals surface area contributed by atoms with Gasteiger partial charge < -0.3 is 0 Å². The standard InChI is InChI=1S/C15H14N4S2/c1-10-7-14(21-19-10)13-5-3-12(4-6-13)8-16-18-15-17-11(2)9-20-15/h3-9H,1-2H3,(H,17,18). The van der Waals surface area contributed by atoms with Gasteiger partial charge in [-0.3, -0.25) is 5.43 Å². The maximum Gasteiger partial charge on any atom is 0.203 e. The minimum atomic E-state index is 0.806. The van der Waals surface area contributed by atoms with Gasteiger partial charge >= 0.3 is 0 Å². The third-order valence-corrected chi connectivity index (χ3v) is 4.61. The Morgan fingerprint density at radius 1 is 1.14 bits per heavy atom. The smallest absolute Gasteiger partial charge is 0.203 e. The number of nitrogens with zero attached hydrogens (tertiary/aromatic N) is 3. The van der Waals surface area contributed by atoms with E-state index >= 15 is 0 Å². The number of aryl methyl sites for hydroxylation is 2. The van der Waals surface area contributed by atoms with Gasteiger partial charge in [0.1, 0.15) is 0 Å². The Kier molecular flexibility index (Phi) is 4.08. The summed E-state index contributed by atoms with van der Waals surface area (Å²) in [6, 6.07) is 10.4. The second-order valence-corrected chi connectivity index (χ2v) is 6.28. The lowest BCUT2D eigenvalue weighted by Gasteiger charge is -1.98. The Hall–Kier alpha value is -2.05. The lowest BCUT2D eigenvalue weighted by molar-refractivity contribution is 1.22. The largest absolute Gasteiger partial charge is 0.253 e. The van der Waals surface area contributed by atoms with Crippen LogP contribution in [-0.2, 0) is 0 Å². The summed E-state index contributed by atoms with van der Waals surface area (Å²) in [5.41, 5.74) is 7.22. The van der Waals surface area contributed by atoms with E-state index in [-0.39, 0.29) is 0 Å². The molecule has 6 heteroatoms. The van der Waals surface area contributed by atoms with Crippen LogP contribution in [0.5, 0.6) is 0 Å². The zero-order valence-corrected chi connectivity index (χ0v) is 13.3. The van der Waals surface area contributed by atoms with Gasteiger partial charge in [-0.25, -0.2) is 4.98 Å². The lowest BCUT2D eigenvalue weighted by atomic mass is 10.1. The number of hydrazone groups is 1. The first-order valence-electron chi connectivity index (χ1n) is 6.46. The molecular formula is C15H14N4S2. The van der Waals surface area contributed by atoms with Gasteiger partial charge in [0.15, 0.2) is 0 Å². The number of anilines is 1. The molecule has 0 saturated carbocycles. The van der Waals surface area contributed by atoms with E-state index in [1.807, 2.05) is 31.4 Å². The van der Waals surface area contributed by atoms with Crippen LogP contribution in [0.15, 0.2) is 40.8 Å². The molecular weight excluding hydrogens is 300 g/mol. The average molecular weight is 314 g/mol. The highest BCUT2D eigenvalue weighted by Gasteiger charge is 2.01. The molecule has 0 aliphatic carbocycles. The highest BCUT2D eigenvalue weighted by atomic mass is 32.1. The fourth-order valence-electron chi connectivity index (χ4n) is 1.80. The van der Waals surface area contributed by atoms with E-state index in [1.165, 1.54) is 22.0 Å². The number of benzene rings is 1. The van der Waals surface area contributed by atoms with Crippen molar-refractivity contribution in [2.75, 3.05) is 5.43 Å². The highest BCUT2D eigenvalue weighted by molar-refractivity contribution is 7.13. The molecule has 0 aliphatic rings. The molecule has 3 aromatic rings.